The summed E-state index contributed by atoms with van der Waals surface area (Å²) in [6.07, 6.45) is 4.86. The lowest BCUT2D eigenvalue weighted by Crippen LogP contribution is -2.52. The molecule has 3 heterocycles. The Morgan fingerprint density at radius 1 is 0.854 bits per heavy atom. The minimum Gasteiger partial charge on any atom is -0.493 e. The number of aromatic nitrogens is 2. The fourth-order valence-corrected chi connectivity index (χ4v) is 5.22. The van der Waals surface area contributed by atoms with Crippen molar-refractivity contribution in [1.29, 1.82) is 0 Å². The number of rotatable bonds is 6. The number of piperazine rings is 1. The van der Waals surface area contributed by atoms with E-state index >= 15 is 4.39 Å². The highest BCUT2D eigenvalue weighted by Crippen LogP contribution is 2.31. The van der Waals surface area contributed by atoms with Gasteiger partial charge >= 0.3 is 0 Å². The van der Waals surface area contributed by atoms with Gasteiger partial charge in [-0.15, -0.1) is 0 Å². The number of hydrogen-bond donors (Lipinski definition) is 1. The first-order valence-electron chi connectivity index (χ1n) is 13.5. The van der Waals surface area contributed by atoms with Crippen molar-refractivity contribution in [2.75, 3.05) is 70.8 Å². The molecule has 8 nitrogen and oxygen atoms in total. The quantitative estimate of drug-likeness (QED) is 0.444. The van der Waals surface area contributed by atoms with Gasteiger partial charge in [0.2, 0.25) is 5.95 Å². The predicted molar refractivity (Wildman–Crippen MR) is 151 cm³/mol. The van der Waals surface area contributed by atoms with Crippen LogP contribution >= 0.6 is 0 Å². The topological polar surface area (TPSA) is 66.0 Å². The van der Waals surface area contributed by atoms with Gasteiger partial charge in [0.15, 0.2) is 23.1 Å². The van der Waals surface area contributed by atoms with Crippen molar-refractivity contribution in [1.82, 2.24) is 19.8 Å². The molecule has 0 saturated carbocycles. The number of anilines is 3. The molecule has 0 unspecified atom stereocenters. The van der Waals surface area contributed by atoms with Gasteiger partial charge in [0, 0.05) is 69.5 Å². The highest BCUT2D eigenvalue weighted by molar-refractivity contribution is 5.60. The van der Waals surface area contributed by atoms with Crippen LogP contribution in [0.4, 0.5) is 30.5 Å². The van der Waals surface area contributed by atoms with Crippen molar-refractivity contribution in [3.05, 3.63) is 65.2 Å². The van der Waals surface area contributed by atoms with Crippen molar-refractivity contribution >= 4 is 17.3 Å². The standard InChI is InChI=1S/C30H33F3N6O2/c1-37-12-14-38(15-13-37)22-8-10-39(11-9-22)25-7-5-21(16-24(25)31)36-30-34-18-20(19-35-30)4-6-23-28(32)26(40-2)17-27(41-3)29(23)33/h5,7,16-19,22H,8-15H2,1-3H3,(H,34,35,36). The highest BCUT2D eigenvalue weighted by Gasteiger charge is 2.27. The zero-order chi connectivity index (χ0) is 28.9. The van der Waals surface area contributed by atoms with Gasteiger partial charge in [0.05, 0.1) is 25.5 Å². The molecule has 0 atom stereocenters. The van der Waals surface area contributed by atoms with Crippen LogP contribution in [-0.4, -0.2) is 86.3 Å². The number of methoxy groups -OCH3 is 2. The van der Waals surface area contributed by atoms with Gasteiger partial charge in [-0.1, -0.05) is 11.8 Å². The Morgan fingerprint density at radius 2 is 1.49 bits per heavy atom. The monoisotopic (exact) mass is 566 g/mol. The Hall–Kier alpha value is -4.01. The van der Waals surface area contributed by atoms with E-state index in [4.69, 9.17) is 9.47 Å². The second kappa shape index (κ2) is 12.7. The summed E-state index contributed by atoms with van der Waals surface area (Å²) in [6.45, 7) is 6.04. The summed E-state index contributed by atoms with van der Waals surface area (Å²) in [5.74, 6) is 2.81. The third kappa shape index (κ3) is 6.50. The largest absolute Gasteiger partial charge is 0.493 e. The zero-order valence-corrected chi connectivity index (χ0v) is 23.4. The second-order valence-corrected chi connectivity index (χ2v) is 10.2. The number of benzene rings is 2. The summed E-state index contributed by atoms with van der Waals surface area (Å²) in [5.41, 5.74) is 0.942. The molecule has 3 aromatic rings. The van der Waals surface area contributed by atoms with Crippen molar-refractivity contribution in [2.24, 2.45) is 0 Å². The van der Waals surface area contributed by atoms with Crippen LogP contribution in [0.25, 0.3) is 0 Å². The maximum atomic E-state index is 15.1. The number of piperidine rings is 1. The van der Waals surface area contributed by atoms with Gasteiger partial charge in [-0.3, -0.25) is 4.90 Å². The van der Waals surface area contributed by atoms with E-state index in [0.29, 0.717) is 23.0 Å². The Kier molecular flexibility index (Phi) is 8.81. The smallest absolute Gasteiger partial charge is 0.227 e. The van der Waals surface area contributed by atoms with E-state index < -0.39 is 17.2 Å². The van der Waals surface area contributed by atoms with Crippen LogP contribution in [-0.2, 0) is 0 Å². The van der Waals surface area contributed by atoms with Crippen molar-refractivity contribution in [2.45, 2.75) is 18.9 Å². The lowest BCUT2D eigenvalue weighted by Gasteiger charge is -2.42. The molecule has 1 N–H and O–H groups in total. The van der Waals surface area contributed by atoms with E-state index in [1.54, 1.807) is 12.1 Å². The molecule has 2 saturated heterocycles. The van der Waals surface area contributed by atoms with Crippen molar-refractivity contribution < 1.29 is 22.6 Å². The first-order chi connectivity index (χ1) is 19.9. The lowest BCUT2D eigenvalue weighted by molar-refractivity contribution is 0.0981. The van der Waals surface area contributed by atoms with Gasteiger partial charge in [0.1, 0.15) is 11.4 Å². The number of hydrogen-bond acceptors (Lipinski definition) is 8. The Morgan fingerprint density at radius 3 is 2.07 bits per heavy atom. The molecule has 2 fully saturated rings. The maximum absolute atomic E-state index is 15.1. The fraction of sp³-hybridized carbons (Fsp3) is 0.400. The van der Waals surface area contributed by atoms with Crippen LogP contribution in [0.2, 0.25) is 0 Å². The second-order valence-electron chi connectivity index (χ2n) is 10.2. The molecule has 216 valence electrons. The molecule has 1 aromatic heterocycles. The molecule has 2 aromatic carbocycles. The average Bonchev–Trinajstić information content (AvgIpc) is 2.99. The van der Waals surface area contributed by atoms with Crippen LogP contribution in [0.15, 0.2) is 36.7 Å². The van der Waals surface area contributed by atoms with Crippen molar-refractivity contribution in [3.63, 3.8) is 0 Å². The molecule has 11 heteroatoms. The molecule has 5 rings (SSSR count). The van der Waals surface area contributed by atoms with E-state index in [0.717, 1.165) is 58.2 Å². The average molecular weight is 567 g/mol. The summed E-state index contributed by atoms with van der Waals surface area (Å²) in [5, 5.41) is 2.99. The summed E-state index contributed by atoms with van der Waals surface area (Å²) < 4.78 is 54.0. The Balaban J connectivity index is 1.20. The normalized spacial score (nSPS) is 16.7. The van der Waals surface area contributed by atoms with Crippen LogP contribution < -0.4 is 19.7 Å². The van der Waals surface area contributed by atoms with Crippen LogP contribution in [0.1, 0.15) is 24.0 Å². The number of nitrogens with one attached hydrogen (secondary N) is 1. The molecule has 0 radical (unpaired) electrons. The molecule has 0 amide bonds. The molecule has 41 heavy (non-hydrogen) atoms. The molecular formula is C30H33F3N6O2. The summed E-state index contributed by atoms with van der Waals surface area (Å²) in [7, 11) is 4.70. The molecule has 0 bridgehead atoms. The molecule has 0 spiro atoms. The lowest BCUT2D eigenvalue weighted by atomic mass is 10.0. The molecule has 2 aliphatic rings. The molecule has 0 aliphatic carbocycles. The van der Waals surface area contributed by atoms with Crippen LogP contribution in [0.3, 0.4) is 0 Å². The third-order valence-corrected chi connectivity index (χ3v) is 7.62. The van der Waals surface area contributed by atoms with Gasteiger partial charge in [-0.2, -0.15) is 0 Å². The fourth-order valence-electron chi connectivity index (χ4n) is 5.22. The summed E-state index contributed by atoms with van der Waals surface area (Å²) >= 11 is 0. The Bertz CT molecular complexity index is 1400. The number of likely N-dealkylation sites (N-methyl/N-ethyl adjacent to an activating group) is 1. The molecule has 2 aliphatic heterocycles. The predicted octanol–water partition coefficient (Wildman–Crippen LogP) is 4.27. The number of halogens is 3. The SMILES string of the molecule is COc1cc(OC)c(F)c(C#Cc2cnc(Nc3ccc(N4CCC(N5CCN(C)CC5)CC4)c(F)c3)nc2)c1F. The summed E-state index contributed by atoms with van der Waals surface area (Å²) in [6, 6.07) is 6.68. The van der Waals surface area contributed by atoms with E-state index in [9.17, 15) is 8.78 Å². The van der Waals surface area contributed by atoms with Gasteiger partial charge in [0.25, 0.3) is 0 Å². The van der Waals surface area contributed by atoms with Gasteiger partial charge < -0.3 is 24.6 Å². The third-order valence-electron chi connectivity index (χ3n) is 7.62. The highest BCUT2D eigenvalue weighted by atomic mass is 19.1. The minimum atomic E-state index is -0.928. The first kappa shape index (κ1) is 28.5. The first-order valence-corrected chi connectivity index (χ1v) is 13.5. The van der Waals surface area contributed by atoms with Gasteiger partial charge in [-0.05, 0) is 38.1 Å². The zero-order valence-electron chi connectivity index (χ0n) is 23.4. The van der Waals surface area contributed by atoms with E-state index in [2.05, 4.69) is 48.9 Å². The molecular weight excluding hydrogens is 533 g/mol. The van der Waals surface area contributed by atoms with E-state index in [1.165, 1.54) is 32.7 Å². The van der Waals surface area contributed by atoms with Gasteiger partial charge in [-0.25, -0.2) is 23.1 Å². The number of nitrogens with zero attached hydrogens (tertiary/aromatic N) is 5. The number of ether oxygens (including phenoxy) is 2. The van der Waals surface area contributed by atoms with Crippen LogP contribution in [0.5, 0.6) is 11.5 Å². The Labute approximate surface area is 238 Å². The minimum absolute atomic E-state index is 0.184. The van der Waals surface area contributed by atoms with E-state index in [1.807, 2.05) is 0 Å². The van der Waals surface area contributed by atoms with Crippen molar-refractivity contribution in [3.8, 4) is 23.3 Å². The maximum Gasteiger partial charge on any atom is 0.227 e. The van der Waals surface area contributed by atoms with Crippen LogP contribution in [0, 0.1) is 29.3 Å². The van der Waals surface area contributed by atoms with E-state index in [-0.39, 0.29) is 23.3 Å². The summed E-state index contributed by atoms with van der Waals surface area (Å²) in [4.78, 5) is 15.4.